The van der Waals surface area contributed by atoms with E-state index in [9.17, 15) is 32.1 Å². The van der Waals surface area contributed by atoms with Gasteiger partial charge in [-0.05, 0) is 12.1 Å². The van der Waals surface area contributed by atoms with Crippen molar-refractivity contribution < 1.29 is 26.9 Å². The second-order valence-corrected chi connectivity index (χ2v) is 6.21. The van der Waals surface area contributed by atoms with Gasteiger partial charge >= 0.3 is 5.69 Å². The molecule has 0 bridgehead atoms. The molecule has 1 amide bonds. The molecule has 1 aromatic carbocycles. The lowest BCUT2D eigenvalue weighted by molar-refractivity contribution is -0.387. The van der Waals surface area contributed by atoms with E-state index in [0.717, 1.165) is 5.41 Å². The Balaban J connectivity index is 2.28. The summed E-state index contributed by atoms with van der Waals surface area (Å²) in [5, 5.41) is 13.6. The number of hydrogen-bond donors (Lipinski definition) is 1. The summed E-state index contributed by atoms with van der Waals surface area (Å²) in [5.74, 6) is -4.17. The molecule has 0 saturated heterocycles. The Bertz CT molecular complexity index is 760. The summed E-state index contributed by atoms with van der Waals surface area (Å²) in [7, 11) is -3.43. The highest BCUT2D eigenvalue weighted by atomic mass is 32.2. The lowest BCUT2D eigenvalue weighted by Gasteiger charge is -2.10. The molecule has 10 heteroatoms. The van der Waals surface area contributed by atoms with Gasteiger partial charge in [0.05, 0.1) is 28.3 Å². The molecule has 0 spiro atoms. The number of benzene rings is 1. The zero-order valence-electron chi connectivity index (χ0n) is 10.2. The van der Waals surface area contributed by atoms with Gasteiger partial charge in [-0.1, -0.05) is 0 Å². The van der Waals surface area contributed by atoms with Crippen molar-refractivity contribution in [3.8, 4) is 0 Å². The van der Waals surface area contributed by atoms with E-state index >= 15 is 0 Å². The van der Waals surface area contributed by atoms with E-state index in [1.807, 2.05) is 0 Å². The summed E-state index contributed by atoms with van der Waals surface area (Å²) >= 11 is 0. The Morgan fingerprint density at radius 1 is 1.38 bits per heavy atom. The Hall–Kier alpha value is -2.36. The maximum atomic E-state index is 13.8. The van der Waals surface area contributed by atoms with E-state index in [1.165, 1.54) is 6.08 Å². The van der Waals surface area contributed by atoms with Gasteiger partial charge in [-0.3, -0.25) is 14.9 Å². The molecule has 1 heterocycles. The molecule has 1 aliphatic rings. The SMILES string of the molecule is O=C(NC1C=CS(=O)(=O)C1)c1cc(F)cc([N+](=O)[O-])c1F. The summed E-state index contributed by atoms with van der Waals surface area (Å²) in [5.41, 5.74) is -2.03. The highest BCUT2D eigenvalue weighted by molar-refractivity contribution is 7.94. The molecule has 0 aromatic heterocycles. The molecule has 0 saturated carbocycles. The number of amides is 1. The molecule has 112 valence electrons. The number of sulfone groups is 1. The Morgan fingerprint density at radius 2 is 2.05 bits per heavy atom. The summed E-state index contributed by atoms with van der Waals surface area (Å²) in [6.07, 6.45) is 1.18. The number of carbonyl (C=O) groups is 1. The highest BCUT2D eigenvalue weighted by Crippen LogP contribution is 2.22. The van der Waals surface area contributed by atoms with Crippen LogP contribution in [0, 0.1) is 21.7 Å². The molecule has 0 radical (unpaired) electrons. The molecular weight excluding hydrogens is 310 g/mol. The van der Waals surface area contributed by atoms with Crippen LogP contribution in [0.2, 0.25) is 0 Å². The maximum Gasteiger partial charge on any atom is 0.308 e. The van der Waals surface area contributed by atoms with Crippen LogP contribution < -0.4 is 5.32 Å². The number of nitro groups is 1. The predicted molar refractivity (Wildman–Crippen MR) is 67.2 cm³/mol. The molecule has 1 N–H and O–H groups in total. The third kappa shape index (κ3) is 3.21. The third-order valence-electron chi connectivity index (χ3n) is 2.71. The summed E-state index contributed by atoms with van der Waals surface area (Å²) in [6.45, 7) is 0. The van der Waals surface area contributed by atoms with Gasteiger partial charge < -0.3 is 5.32 Å². The van der Waals surface area contributed by atoms with Crippen molar-refractivity contribution >= 4 is 21.4 Å². The largest absolute Gasteiger partial charge is 0.345 e. The van der Waals surface area contributed by atoms with Crippen molar-refractivity contribution in [2.45, 2.75) is 6.04 Å². The minimum atomic E-state index is -3.43. The minimum absolute atomic E-state index is 0.353. The molecular formula is C11H8F2N2O5S. The van der Waals surface area contributed by atoms with Crippen LogP contribution in [0.15, 0.2) is 23.6 Å². The first-order valence-corrected chi connectivity index (χ1v) is 7.26. The molecule has 7 nitrogen and oxygen atoms in total. The van der Waals surface area contributed by atoms with Gasteiger partial charge in [0, 0.05) is 5.41 Å². The van der Waals surface area contributed by atoms with E-state index in [-0.39, 0.29) is 0 Å². The number of nitro benzene ring substituents is 1. The third-order valence-corrected chi connectivity index (χ3v) is 4.10. The number of carbonyl (C=O) groups excluding carboxylic acids is 1. The van der Waals surface area contributed by atoms with E-state index in [2.05, 4.69) is 5.32 Å². The second-order valence-electron chi connectivity index (χ2n) is 4.28. The van der Waals surface area contributed by atoms with Crippen LogP contribution in [0.25, 0.3) is 0 Å². The van der Waals surface area contributed by atoms with Crippen molar-refractivity contribution in [2.75, 3.05) is 5.75 Å². The smallest absolute Gasteiger partial charge is 0.308 e. The van der Waals surface area contributed by atoms with E-state index in [4.69, 9.17) is 0 Å². The molecule has 21 heavy (non-hydrogen) atoms. The van der Waals surface area contributed by atoms with E-state index < -0.39 is 55.3 Å². The van der Waals surface area contributed by atoms with Crippen LogP contribution in [-0.4, -0.2) is 31.0 Å². The van der Waals surface area contributed by atoms with Gasteiger partial charge in [0.1, 0.15) is 5.82 Å². The fourth-order valence-corrected chi connectivity index (χ4v) is 3.02. The number of nitrogens with one attached hydrogen (secondary N) is 1. The van der Waals surface area contributed by atoms with Crippen molar-refractivity contribution in [3.05, 3.63) is 50.9 Å². The molecule has 1 aromatic rings. The van der Waals surface area contributed by atoms with Crippen LogP contribution in [-0.2, 0) is 9.84 Å². The van der Waals surface area contributed by atoms with Crippen LogP contribution in [0.1, 0.15) is 10.4 Å². The first-order chi connectivity index (χ1) is 9.69. The molecule has 1 aliphatic heterocycles. The van der Waals surface area contributed by atoms with Crippen molar-refractivity contribution in [1.29, 1.82) is 0 Å². The Morgan fingerprint density at radius 3 is 2.57 bits per heavy atom. The van der Waals surface area contributed by atoms with Crippen LogP contribution >= 0.6 is 0 Å². The van der Waals surface area contributed by atoms with Crippen LogP contribution in [0.4, 0.5) is 14.5 Å². The Kier molecular flexibility index (Phi) is 3.73. The topological polar surface area (TPSA) is 106 Å². The molecule has 0 aliphatic carbocycles. The fourth-order valence-electron chi connectivity index (χ4n) is 1.78. The van der Waals surface area contributed by atoms with Crippen LogP contribution in [0.3, 0.4) is 0 Å². The molecule has 2 rings (SSSR count). The summed E-state index contributed by atoms with van der Waals surface area (Å²) in [6, 6.07) is -0.0409. The fraction of sp³-hybridized carbons (Fsp3) is 0.182. The lowest BCUT2D eigenvalue weighted by Crippen LogP contribution is -2.36. The van der Waals surface area contributed by atoms with Gasteiger partial charge in [0.2, 0.25) is 5.82 Å². The zero-order valence-corrected chi connectivity index (χ0v) is 11.1. The average Bonchev–Trinajstić information content (AvgIpc) is 2.70. The van der Waals surface area contributed by atoms with Gasteiger partial charge in [-0.2, -0.15) is 4.39 Å². The highest BCUT2D eigenvalue weighted by Gasteiger charge is 2.28. The first-order valence-electron chi connectivity index (χ1n) is 5.55. The van der Waals surface area contributed by atoms with E-state index in [1.54, 1.807) is 0 Å². The quantitative estimate of drug-likeness (QED) is 0.658. The molecule has 0 fully saturated rings. The van der Waals surface area contributed by atoms with Gasteiger partial charge in [-0.15, -0.1) is 0 Å². The predicted octanol–water partition coefficient (Wildman–Crippen LogP) is 0.914. The Labute approximate surface area is 117 Å². The first kappa shape index (κ1) is 15.0. The van der Waals surface area contributed by atoms with E-state index in [0.29, 0.717) is 12.1 Å². The number of nitrogens with zero attached hydrogens (tertiary/aromatic N) is 1. The molecule has 1 atom stereocenters. The van der Waals surface area contributed by atoms with Gasteiger partial charge in [0.25, 0.3) is 5.91 Å². The average molecular weight is 318 g/mol. The number of halogens is 2. The zero-order chi connectivity index (χ0) is 15.8. The summed E-state index contributed by atoms with van der Waals surface area (Å²) in [4.78, 5) is 21.2. The summed E-state index contributed by atoms with van der Waals surface area (Å²) < 4.78 is 49.3. The number of hydrogen-bond acceptors (Lipinski definition) is 5. The van der Waals surface area contributed by atoms with Gasteiger partial charge in [-0.25, -0.2) is 12.8 Å². The standard InChI is InChI=1S/C11H8F2N2O5S/c12-6-3-8(10(13)9(4-6)15(17)18)11(16)14-7-1-2-21(19,20)5-7/h1-4,7H,5H2,(H,14,16). The van der Waals surface area contributed by atoms with Crippen molar-refractivity contribution in [1.82, 2.24) is 5.32 Å². The monoisotopic (exact) mass is 318 g/mol. The lowest BCUT2D eigenvalue weighted by atomic mass is 10.1. The van der Waals surface area contributed by atoms with Gasteiger partial charge in [0.15, 0.2) is 9.84 Å². The van der Waals surface area contributed by atoms with Crippen LogP contribution in [0.5, 0.6) is 0 Å². The molecule has 1 unspecified atom stereocenters. The van der Waals surface area contributed by atoms with Crippen molar-refractivity contribution in [3.63, 3.8) is 0 Å². The normalized spacial score (nSPS) is 19.4. The second kappa shape index (κ2) is 5.20. The maximum absolute atomic E-state index is 13.8. The van der Waals surface area contributed by atoms with Crippen molar-refractivity contribution in [2.24, 2.45) is 0 Å². The minimum Gasteiger partial charge on any atom is -0.345 e. The number of rotatable bonds is 3.